The Labute approximate surface area is 154 Å². The van der Waals surface area contributed by atoms with Gasteiger partial charge < -0.3 is 9.47 Å². The van der Waals surface area contributed by atoms with Crippen molar-refractivity contribution in [2.24, 2.45) is 29.6 Å². The summed E-state index contributed by atoms with van der Waals surface area (Å²) >= 11 is 0. The molecule has 2 aliphatic rings. The second kappa shape index (κ2) is 8.79. The molecule has 5 unspecified atom stereocenters. The number of carbonyl (C=O) groups is 3. The normalized spacial score (nSPS) is 30.3. The van der Waals surface area contributed by atoms with Gasteiger partial charge in [-0.15, -0.1) is 13.2 Å². The van der Waals surface area contributed by atoms with E-state index in [1.807, 2.05) is 0 Å². The third kappa shape index (κ3) is 4.03. The molecule has 2 rings (SSSR count). The maximum atomic E-state index is 12.7. The van der Waals surface area contributed by atoms with Crippen LogP contribution < -0.4 is 0 Å². The van der Waals surface area contributed by atoms with Crippen LogP contribution >= 0.6 is 0 Å². The number of ether oxygens (including phenoxy) is 2. The Morgan fingerprint density at radius 2 is 1.69 bits per heavy atom. The van der Waals surface area contributed by atoms with E-state index < -0.39 is 23.8 Å². The molecule has 0 amide bonds. The monoisotopic (exact) mass is 358 g/mol. The zero-order valence-corrected chi connectivity index (χ0v) is 15.2. The highest BCUT2D eigenvalue weighted by Gasteiger charge is 2.50. The first-order chi connectivity index (χ1) is 12.4. The maximum Gasteiger partial charge on any atom is 0.310 e. The molecular formula is C21H26O5. The minimum Gasteiger partial charge on any atom is -0.466 e. The summed E-state index contributed by atoms with van der Waals surface area (Å²) in [5, 5.41) is 0. The number of allylic oxidation sites excluding steroid dienone is 5. The first-order valence-electron chi connectivity index (χ1n) is 8.93. The Kier molecular flexibility index (Phi) is 6.72. The van der Waals surface area contributed by atoms with Crippen LogP contribution in [0.1, 0.15) is 19.8 Å². The summed E-state index contributed by atoms with van der Waals surface area (Å²) in [5.41, 5.74) is 0.729. The Balaban J connectivity index is 2.04. The lowest BCUT2D eigenvalue weighted by Gasteiger charge is -2.22. The van der Waals surface area contributed by atoms with Crippen molar-refractivity contribution in [1.29, 1.82) is 0 Å². The van der Waals surface area contributed by atoms with Crippen molar-refractivity contribution in [1.82, 2.24) is 0 Å². The lowest BCUT2D eigenvalue weighted by molar-refractivity contribution is -0.161. The highest BCUT2D eigenvalue weighted by molar-refractivity contribution is 5.98. The molecule has 5 nitrogen and oxygen atoms in total. The van der Waals surface area contributed by atoms with Gasteiger partial charge in [-0.2, -0.15) is 0 Å². The minimum absolute atomic E-state index is 0.0213. The lowest BCUT2D eigenvalue weighted by atomic mass is 9.87. The van der Waals surface area contributed by atoms with E-state index in [2.05, 4.69) is 19.7 Å². The third-order valence-electron chi connectivity index (χ3n) is 5.19. The Hall–Kier alpha value is -2.43. The van der Waals surface area contributed by atoms with Crippen LogP contribution in [0.2, 0.25) is 0 Å². The second-order valence-electron chi connectivity index (χ2n) is 6.66. The molecule has 2 aliphatic carbocycles. The van der Waals surface area contributed by atoms with Gasteiger partial charge in [0.1, 0.15) is 0 Å². The molecule has 0 aliphatic heterocycles. The van der Waals surface area contributed by atoms with Crippen molar-refractivity contribution >= 4 is 17.7 Å². The van der Waals surface area contributed by atoms with Crippen LogP contribution in [0.3, 0.4) is 0 Å². The number of carbonyl (C=O) groups excluding carboxylic acids is 3. The molecule has 0 bridgehead atoms. The first kappa shape index (κ1) is 19.9. The summed E-state index contributed by atoms with van der Waals surface area (Å²) in [5.74, 6) is -2.81. The van der Waals surface area contributed by atoms with Gasteiger partial charge >= 0.3 is 11.9 Å². The molecule has 0 aromatic carbocycles. The molecule has 0 aromatic rings. The van der Waals surface area contributed by atoms with Crippen LogP contribution in [-0.4, -0.2) is 30.9 Å². The smallest absolute Gasteiger partial charge is 0.310 e. The summed E-state index contributed by atoms with van der Waals surface area (Å²) in [6.45, 7) is 13.5. The zero-order chi connectivity index (χ0) is 19.3. The topological polar surface area (TPSA) is 69.7 Å². The fourth-order valence-electron chi connectivity index (χ4n) is 3.81. The van der Waals surface area contributed by atoms with Crippen LogP contribution in [-0.2, 0) is 23.9 Å². The first-order valence-corrected chi connectivity index (χ1v) is 8.93. The number of ketones is 1. The molecule has 0 saturated heterocycles. The maximum absolute atomic E-state index is 12.7. The van der Waals surface area contributed by atoms with Gasteiger partial charge in [-0.1, -0.05) is 24.8 Å². The van der Waals surface area contributed by atoms with Gasteiger partial charge in [0.15, 0.2) is 5.78 Å². The van der Waals surface area contributed by atoms with Crippen molar-refractivity contribution in [3.8, 4) is 0 Å². The molecule has 0 spiro atoms. The summed E-state index contributed by atoms with van der Waals surface area (Å²) in [6, 6.07) is 0. The standard InChI is InChI=1S/C21H26O5/c1-5-14-12-15(6-2)19(18(14)20(23)25-7-3)21(24)26-11-10-16-13(4)8-9-17(16)22/h5-6,8-9,14-16,18-19H,1-2,4,7,10-12H2,3H3. The molecule has 5 heteroatoms. The Morgan fingerprint density at radius 1 is 1.12 bits per heavy atom. The Bertz CT molecular complexity index is 627. The van der Waals surface area contributed by atoms with Gasteiger partial charge in [0, 0.05) is 5.92 Å². The van der Waals surface area contributed by atoms with Gasteiger partial charge in [-0.25, -0.2) is 0 Å². The molecule has 1 saturated carbocycles. The van der Waals surface area contributed by atoms with E-state index in [-0.39, 0.29) is 36.8 Å². The molecule has 1 fully saturated rings. The summed E-state index contributed by atoms with van der Waals surface area (Å²) < 4.78 is 10.6. The second-order valence-corrected chi connectivity index (χ2v) is 6.66. The molecule has 0 heterocycles. The van der Waals surface area contributed by atoms with Crippen molar-refractivity contribution in [3.63, 3.8) is 0 Å². The fraction of sp³-hybridized carbons (Fsp3) is 0.476. The van der Waals surface area contributed by atoms with Crippen molar-refractivity contribution in [2.45, 2.75) is 19.8 Å². The van der Waals surface area contributed by atoms with E-state index in [1.54, 1.807) is 25.2 Å². The third-order valence-corrected chi connectivity index (χ3v) is 5.19. The zero-order valence-electron chi connectivity index (χ0n) is 15.2. The van der Waals surface area contributed by atoms with E-state index in [0.717, 1.165) is 5.57 Å². The van der Waals surface area contributed by atoms with Gasteiger partial charge in [0.05, 0.1) is 25.0 Å². The molecule has 0 aromatic heterocycles. The lowest BCUT2D eigenvalue weighted by Crippen LogP contribution is -2.34. The highest BCUT2D eigenvalue weighted by atomic mass is 16.5. The molecule has 26 heavy (non-hydrogen) atoms. The van der Waals surface area contributed by atoms with E-state index in [1.165, 1.54) is 6.08 Å². The summed E-state index contributed by atoms with van der Waals surface area (Å²) in [7, 11) is 0. The number of hydrogen-bond acceptors (Lipinski definition) is 5. The van der Waals surface area contributed by atoms with Gasteiger partial charge in [0.25, 0.3) is 0 Å². The minimum atomic E-state index is -0.643. The number of rotatable bonds is 8. The summed E-state index contributed by atoms with van der Waals surface area (Å²) in [6.07, 6.45) is 7.55. The predicted molar refractivity (Wildman–Crippen MR) is 98.0 cm³/mol. The van der Waals surface area contributed by atoms with Crippen molar-refractivity contribution < 1.29 is 23.9 Å². The quantitative estimate of drug-likeness (QED) is 0.493. The molecule has 0 radical (unpaired) electrons. The van der Waals surface area contributed by atoms with Gasteiger partial charge in [-0.05, 0) is 43.3 Å². The molecule has 140 valence electrons. The van der Waals surface area contributed by atoms with Crippen LogP contribution in [0.5, 0.6) is 0 Å². The van der Waals surface area contributed by atoms with Crippen LogP contribution in [0.25, 0.3) is 0 Å². The average molecular weight is 358 g/mol. The SMILES string of the molecule is C=CC1CC(C=C)C(C(=O)OCCC2C(=C)C=CC2=O)C1C(=O)OCC. The highest BCUT2D eigenvalue weighted by Crippen LogP contribution is 2.44. The molecular weight excluding hydrogens is 332 g/mol. The van der Waals surface area contributed by atoms with E-state index in [4.69, 9.17) is 9.47 Å². The fourth-order valence-corrected chi connectivity index (χ4v) is 3.81. The average Bonchev–Trinajstić information content (AvgIpc) is 3.16. The van der Waals surface area contributed by atoms with Gasteiger partial charge in [-0.3, -0.25) is 14.4 Å². The largest absolute Gasteiger partial charge is 0.466 e. The predicted octanol–water partition coefficient (Wildman–Crippen LogP) is 3.03. The number of hydrogen-bond donors (Lipinski definition) is 0. The summed E-state index contributed by atoms with van der Waals surface area (Å²) in [4.78, 5) is 36.8. The number of esters is 2. The Morgan fingerprint density at radius 3 is 2.15 bits per heavy atom. The van der Waals surface area contributed by atoms with Crippen LogP contribution in [0.15, 0.2) is 49.6 Å². The van der Waals surface area contributed by atoms with E-state index >= 15 is 0 Å². The van der Waals surface area contributed by atoms with Crippen LogP contribution in [0.4, 0.5) is 0 Å². The molecule has 0 N–H and O–H groups in total. The van der Waals surface area contributed by atoms with E-state index in [0.29, 0.717) is 12.8 Å². The van der Waals surface area contributed by atoms with Crippen molar-refractivity contribution in [2.75, 3.05) is 13.2 Å². The molecule has 5 atom stereocenters. The van der Waals surface area contributed by atoms with Crippen LogP contribution in [0, 0.1) is 29.6 Å². The van der Waals surface area contributed by atoms with Gasteiger partial charge in [0.2, 0.25) is 0 Å². The van der Waals surface area contributed by atoms with Crippen molar-refractivity contribution in [3.05, 3.63) is 49.6 Å². The van der Waals surface area contributed by atoms with E-state index in [9.17, 15) is 14.4 Å².